The van der Waals surface area contributed by atoms with Crippen molar-refractivity contribution in [1.29, 1.82) is 0 Å². The second-order valence-electron chi connectivity index (χ2n) is 4.53. The minimum atomic E-state index is -4.31. The highest BCUT2D eigenvalue weighted by Crippen LogP contribution is 2.37. The van der Waals surface area contributed by atoms with Gasteiger partial charge >= 0.3 is 6.18 Å². The van der Waals surface area contributed by atoms with Gasteiger partial charge in [-0.15, -0.1) is 0 Å². The quantitative estimate of drug-likeness (QED) is 0.781. The number of anilines is 1. The third-order valence-corrected chi connectivity index (χ3v) is 3.57. The summed E-state index contributed by atoms with van der Waals surface area (Å²) in [4.78, 5) is 5.02. The van der Waals surface area contributed by atoms with Crippen molar-refractivity contribution in [1.82, 2.24) is 4.98 Å². The number of ether oxygens (including phenoxy) is 1. The number of nitrogens with zero attached hydrogens (tertiary/aromatic N) is 2. The molecule has 0 atom stereocenters. The molecule has 0 spiro atoms. The van der Waals surface area contributed by atoms with Gasteiger partial charge in [-0.2, -0.15) is 13.2 Å². The Labute approximate surface area is 101 Å². The zero-order chi connectivity index (χ0) is 12.7. The number of aromatic nitrogens is 1. The summed E-state index contributed by atoms with van der Waals surface area (Å²) in [6.07, 6.45) is -3.42. The Balaban J connectivity index is 2.15. The van der Waals surface area contributed by atoms with Gasteiger partial charge in [0.25, 0.3) is 0 Å². The van der Waals surface area contributed by atoms with Crippen LogP contribution >= 0.6 is 11.3 Å². The van der Waals surface area contributed by atoms with Crippen molar-refractivity contribution >= 4 is 16.5 Å². The maximum absolute atomic E-state index is 12.4. The van der Waals surface area contributed by atoms with Crippen molar-refractivity contribution < 1.29 is 17.9 Å². The number of halogens is 3. The van der Waals surface area contributed by atoms with E-state index in [0.717, 1.165) is 6.20 Å². The van der Waals surface area contributed by atoms with Crippen LogP contribution in [0.3, 0.4) is 0 Å². The third kappa shape index (κ3) is 2.90. The minimum Gasteiger partial charge on any atom is -0.372 e. The summed E-state index contributed by atoms with van der Waals surface area (Å²) in [6.45, 7) is 5.47. The van der Waals surface area contributed by atoms with Crippen LogP contribution in [-0.4, -0.2) is 30.3 Å². The standard InChI is InChI=1S/C10H13F3N2OS/c1-9(2)6-15(3-4-16-9)8-14-5-7(17-8)10(11,12)13/h5H,3-4,6H2,1-2H3. The van der Waals surface area contributed by atoms with Crippen LogP contribution in [0.15, 0.2) is 6.20 Å². The molecule has 1 aromatic heterocycles. The van der Waals surface area contributed by atoms with E-state index in [1.807, 2.05) is 18.7 Å². The van der Waals surface area contributed by atoms with Crippen molar-refractivity contribution in [2.75, 3.05) is 24.6 Å². The lowest BCUT2D eigenvalue weighted by Gasteiger charge is -2.37. The molecule has 0 aliphatic carbocycles. The number of hydrogen-bond donors (Lipinski definition) is 0. The van der Waals surface area contributed by atoms with E-state index < -0.39 is 11.1 Å². The van der Waals surface area contributed by atoms with Crippen LogP contribution in [0, 0.1) is 0 Å². The van der Waals surface area contributed by atoms with Crippen molar-refractivity contribution in [3.63, 3.8) is 0 Å². The van der Waals surface area contributed by atoms with Crippen LogP contribution in [0.25, 0.3) is 0 Å². The summed E-state index contributed by atoms with van der Waals surface area (Å²) in [7, 11) is 0. The molecule has 0 amide bonds. The van der Waals surface area contributed by atoms with E-state index in [1.165, 1.54) is 0 Å². The molecule has 2 rings (SSSR count). The first kappa shape index (κ1) is 12.6. The second kappa shape index (κ2) is 4.13. The fourth-order valence-electron chi connectivity index (χ4n) is 1.72. The molecular formula is C10H13F3N2OS. The monoisotopic (exact) mass is 266 g/mol. The zero-order valence-corrected chi connectivity index (χ0v) is 10.4. The van der Waals surface area contributed by atoms with Gasteiger partial charge in [-0.05, 0) is 13.8 Å². The van der Waals surface area contributed by atoms with Gasteiger partial charge in [0, 0.05) is 13.1 Å². The molecule has 0 N–H and O–H groups in total. The first-order chi connectivity index (χ1) is 7.78. The lowest BCUT2D eigenvalue weighted by atomic mass is 10.1. The van der Waals surface area contributed by atoms with Crippen LogP contribution in [0.2, 0.25) is 0 Å². The number of morpholine rings is 1. The second-order valence-corrected chi connectivity index (χ2v) is 5.54. The van der Waals surface area contributed by atoms with Gasteiger partial charge in [0.2, 0.25) is 0 Å². The predicted octanol–water partition coefficient (Wildman–Crippen LogP) is 2.78. The smallest absolute Gasteiger partial charge is 0.372 e. The molecule has 1 aliphatic heterocycles. The number of hydrogen-bond acceptors (Lipinski definition) is 4. The van der Waals surface area contributed by atoms with Crippen LogP contribution in [-0.2, 0) is 10.9 Å². The lowest BCUT2D eigenvalue weighted by molar-refractivity contribution is -0.134. The third-order valence-electron chi connectivity index (χ3n) is 2.47. The highest BCUT2D eigenvalue weighted by Gasteiger charge is 2.35. The van der Waals surface area contributed by atoms with E-state index in [2.05, 4.69) is 4.98 Å². The summed E-state index contributed by atoms with van der Waals surface area (Å²) in [6, 6.07) is 0. The van der Waals surface area contributed by atoms with E-state index in [4.69, 9.17) is 4.74 Å². The zero-order valence-electron chi connectivity index (χ0n) is 9.54. The predicted molar refractivity (Wildman–Crippen MR) is 59.4 cm³/mol. The summed E-state index contributed by atoms with van der Waals surface area (Å²) in [5.74, 6) is 0. The first-order valence-corrected chi connectivity index (χ1v) is 6.01. The fraction of sp³-hybridized carbons (Fsp3) is 0.700. The Hall–Kier alpha value is -0.820. The summed E-state index contributed by atoms with van der Waals surface area (Å²) in [5, 5.41) is 0.411. The topological polar surface area (TPSA) is 25.4 Å². The molecule has 1 aromatic rings. The molecule has 7 heteroatoms. The van der Waals surface area contributed by atoms with Crippen LogP contribution in [0.4, 0.5) is 18.3 Å². The summed E-state index contributed by atoms with van der Waals surface area (Å²) >= 11 is 0.681. The minimum absolute atomic E-state index is 0.345. The van der Waals surface area contributed by atoms with Gasteiger partial charge in [0.1, 0.15) is 4.88 Å². The van der Waals surface area contributed by atoms with E-state index >= 15 is 0 Å². The van der Waals surface area contributed by atoms with Gasteiger partial charge < -0.3 is 9.64 Å². The number of rotatable bonds is 1. The largest absolute Gasteiger partial charge is 0.427 e. The van der Waals surface area contributed by atoms with E-state index in [-0.39, 0.29) is 5.60 Å². The highest BCUT2D eigenvalue weighted by atomic mass is 32.1. The highest BCUT2D eigenvalue weighted by molar-refractivity contribution is 7.15. The molecule has 0 unspecified atom stereocenters. The molecule has 0 bridgehead atoms. The number of alkyl halides is 3. The maximum atomic E-state index is 12.4. The van der Waals surface area contributed by atoms with Crippen LogP contribution < -0.4 is 4.90 Å². The SMILES string of the molecule is CC1(C)CN(c2ncc(C(F)(F)F)s2)CCO1. The molecule has 96 valence electrons. The summed E-state index contributed by atoms with van der Waals surface area (Å²) in [5.41, 5.74) is -0.345. The van der Waals surface area contributed by atoms with E-state index in [1.54, 1.807) is 0 Å². The average Bonchev–Trinajstić information content (AvgIpc) is 2.63. The molecule has 1 saturated heterocycles. The molecule has 2 heterocycles. The lowest BCUT2D eigenvalue weighted by Crippen LogP contribution is -2.48. The molecule has 1 fully saturated rings. The van der Waals surface area contributed by atoms with E-state index in [9.17, 15) is 13.2 Å². The van der Waals surface area contributed by atoms with Crippen molar-refractivity contribution in [3.8, 4) is 0 Å². The van der Waals surface area contributed by atoms with Crippen LogP contribution in [0.1, 0.15) is 18.7 Å². The molecule has 0 saturated carbocycles. The van der Waals surface area contributed by atoms with Crippen molar-refractivity contribution in [3.05, 3.63) is 11.1 Å². The van der Waals surface area contributed by atoms with Gasteiger partial charge in [-0.1, -0.05) is 11.3 Å². The van der Waals surface area contributed by atoms with Gasteiger partial charge in [-0.25, -0.2) is 4.98 Å². The molecule has 0 aromatic carbocycles. The maximum Gasteiger partial charge on any atom is 0.427 e. The Morgan fingerprint density at radius 3 is 2.71 bits per heavy atom. The molecule has 0 radical (unpaired) electrons. The molecular weight excluding hydrogens is 253 g/mol. The van der Waals surface area contributed by atoms with E-state index in [0.29, 0.717) is 36.2 Å². The Morgan fingerprint density at radius 1 is 1.47 bits per heavy atom. The van der Waals surface area contributed by atoms with Gasteiger partial charge in [-0.3, -0.25) is 0 Å². The Bertz CT molecular complexity index is 403. The summed E-state index contributed by atoms with van der Waals surface area (Å²) < 4.78 is 42.8. The first-order valence-electron chi connectivity index (χ1n) is 5.20. The average molecular weight is 266 g/mol. The normalized spacial score (nSPS) is 20.6. The Kier molecular flexibility index (Phi) is 3.07. The van der Waals surface area contributed by atoms with Crippen molar-refractivity contribution in [2.45, 2.75) is 25.6 Å². The molecule has 1 aliphatic rings. The molecule has 3 nitrogen and oxygen atoms in total. The molecule has 17 heavy (non-hydrogen) atoms. The Morgan fingerprint density at radius 2 is 2.18 bits per heavy atom. The van der Waals surface area contributed by atoms with Gasteiger partial charge in [0.15, 0.2) is 5.13 Å². The van der Waals surface area contributed by atoms with Crippen LogP contribution in [0.5, 0.6) is 0 Å². The van der Waals surface area contributed by atoms with Crippen molar-refractivity contribution in [2.24, 2.45) is 0 Å². The van der Waals surface area contributed by atoms with Gasteiger partial charge in [0.05, 0.1) is 18.4 Å². The fourth-order valence-corrected chi connectivity index (χ4v) is 2.53. The number of thiazole rings is 1.